The first-order chi connectivity index (χ1) is 8.61. The summed E-state index contributed by atoms with van der Waals surface area (Å²) < 4.78 is 1.46. The van der Waals surface area contributed by atoms with Crippen LogP contribution in [0.4, 0.5) is 11.4 Å². The second kappa shape index (κ2) is 4.91. The molecule has 2 aromatic rings. The molecule has 5 heteroatoms. The molecule has 0 spiro atoms. The summed E-state index contributed by atoms with van der Waals surface area (Å²) in [5, 5.41) is 6.73. The molecule has 2 rings (SSSR count). The first-order valence-corrected chi connectivity index (χ1v) is 5.79. The molecular weight excluding hydrogens is 228 g/mol. The number of anilines is 2. The molecular formula is C13H16N4O. The van der Waals surface area contributed by atoms with Crippen molar-refractivity contribution < 1.29 is 4.79 Å². The van der Waals surface area contributed by atoms with E-state index in [0.29, 0.717) is 11.4 Å². The Morgan fingerprint density at radius 2 is 2.06 bits per heavy atom. The van der Waals surface area contributed by atoms with Crippen LogP contribution in [0.15, 0.2) is 30.5 Å². The minimum absolute atomic E-state index is 0.253. The van der Waals surface area contributed by atoms with Gasteiger partial charge in [-0.05, 0) is 24.1 Å². The molecule has 0 bridgehead atoms. The Balaban J connectivity index is 2.16. The molecule has 1 heterocycles. The van der Waals surface area contributed by atoms with E-state index in [2.05, 4.69) is 17.3 Å². The van der Waals surface area contributed by atoms with Crippen molar-refractivity contribution in [2.45, 2.75) is 13.3 Å². The van der Waals surface area contributed by atoms with Crippen molar-refractivity contribution in [3.8, 4) is 0 Å². The fourth-order valence-electron chi connectivity index (χ4n) is 1.75. The van der Waals surface area contributed by atoms with Gasteiger partial charge in [0.2, 0.25) is 0 Å². The van der Waals surface area contributed by atoms with Gasteiger partial charge in [0, 0.05) is 12.7 Å². The van der Waals surface area contributed by atoms with E-state index in [1.807, 2.05) is 24.3 Å². The van der Waals surface area contributed by atoms with E-state index in [9.17, 15) is 4.79 Å². The number of nitrogens with two attached hydrogens (primary N) is 1. The first kappa shape index (κ1) is 12.2. The molecule has 18 heavy (non-hydrogen) atoms. The predicted octanol–water partition coefficient (Wildman–Crippen LogP) is 1.82. The van der Waals surface area contributed by atoms with Crippen LogP contribution in [-0.4, -0.2) is 15.7 Å². The van der Waals surface area contributed by atoms with E-state index in [-0.39, 0.29) is 5.91 Å². The van der Waals surface area contributed by atoms with E-state index in [1.165, 1.54) is 16.4 Å². The van der Waals surface area contributed by atoms with Crippen LogP contribution in [0, 0.1) is 0 Å². The van der Waals surface area contributed by atoms with Gasteiger partial charge < -0.3 is 11.1 Å². The summed E-state index contributed by atoms with van der Waals surface area (Å²) >= 11 is 0. The minimum atomic E-state index is -0.253. The Labute approximate surface area is 106 Å². The van der Waals surface area contributed by atoms with Gasteiger partial charge in [0.15, 0.2) is 0 Å². The van der Waals surface area contributed by atoms with Crippen molar-refractivity contribution in [1.82, 2.24) is 9.78 Å². The highest BCUT2D eigenvalue weighted by molar-refractivity contribution is 6.06. The van der Waals surface area contributed by atoms with Crippen LogP contribution in [0.1, 0.15) is 23.0 Å². The van der Waals surface area contributed by atoms with Gasteiger partial charge in [0.1, 0.15) is 5.69 Å². The van der Waals surface area contributed by atoms with Gasteiger partial charge in [-0.25, -0.2) is 0 Å². The number of nitrogens with one attached hydrogen (secondary N) is 1. The number of amides is 1. The van der Waals surface area contributed by atoms with Crippen molar-refractivity contribution in [2.24, 2.45) is 7.05 Å². The summed E-state index contributed by atoms with van der Waals surface area (Å²) in [7, 11) is 1.69. The molecule has 0 radical (unpaired) electrons. The molecule has 5 nitrogen and oxygen atoms in total. The summed E-state index contributed by atoms with van der Waals surface area (Å²) in [5.41, 5.74) is 8.42. The SMILES string of the molecule is CCc1ccc(NC(=O)c2c(N)cnn2C)cc1. The maximum Gasteiger partial charge on any atom is 0.276 e. The van der Waals surface area contributed by atoms with Crippen LogP contribution in [0.5, 0.6) is 0 Å². The summed E-state index contributed by atoms with van der Waals surface area (Å²) in [6, 6.07) is 7.73. The molecule has 3 N–H and O–H groups in total. The number of nitrogen functional groups attached to an aromatic ring is 1. The number of benzene rings is 1. The summed E-state index contributed by atoms with van der Waals surface area (Å²) in [6.45, 7) is 2.09. The maximum absolute atomic E-state index is 12.0. The van der Waals surface area contributed by atoms with Crippen LogP contribution in [0.2, 0.25) is 0 Å². The number of nitrogens with zero attached hydrogens (tertiary/aromatic N) is 2. The Morgan fingerprint density at radius 3 is 2.56 bits per heavy atom. The monoisotopic (exact) mass is 244 g/mol. The normalized spacial score (nSPS) is 10.3. The van der Waals surface area contributed by atoms with E-state index in [0.717, 1.165) is 12.1 Å². The van der Waals surface area contributed by atoms with E-state index < -0.39 is 0 Å². The van der Waals surface area contributed by atoms with E-state index in [4.69, 9.17) is 5.73 Å². The highest BCUT2D eigenvalue weighted by Crippen LogP contribution is 2.14. The topological polar surface area (TPSA) is 72.9 Å². The van der Waals surface area contributed by atoms with Crippen molar-refractivity contribution in [2.75, 3.05) is 11.1 Å². The molecule has 94 valence electrons. The smallest absolute Gasteiger partial charge is 0.276 e. The van der Waals surface area contributed by atoms with Crippen molar-refractivity contribution >= 4 is 17.3 Å². The summed E-state index contributed by atoms with van der Waals surface area (Å²) in [6.07, 6.45) is 2.44. The molecule has 0 aliphatic carbocycles. The molecule has 0 aliphatic rings. The lowest BCUT2D eigenvalue weighted by molar-refractivity contribution is 0.101. The number of hydrogen-bond donors (Lipinski definition) is 2. The predicted molar refractivity (Wildman–Crippen MR) is 71.4 cm³/mol. The Kier molecular flexibility index (Phi) is 3.32. The van der Waals surface area contributed by atoms with Gasteiger partial charge >= 0.3 is 0 Å². The third-order valence-electron chi connectivity index (χ3n) is 2.80. The molecule has 0 saturated carbocycles. The third-order valence-corrected chi connectivity index (χ3v) is 2.80. The fraction of sp³-hybridized carbons (Fsp3) is 0.231. The number of aromatic nitrogens is 2. The molecule has 1 aromatic heterocycles. The zero-order valence-corrected chi connectivity index (χ0v) is 10.5. The molecule has 0 aliphatic heterocycles. The van der Waals surface area contributed by atoms with Crippen molar-refractivity contribution in [3.63, 3.8) is 0 Å². The van der Waals surface area contributed by atoms with Gasteiger partial charge in [-0.15, -0.1) is 0 Å². The third kappa shape index (κ3) is 2.34. The zero-order valence-electron chi connectivity index (χ0n) is 10.5. The molecule has 1 amide bonds. The quantitative estimate of drug-likeness (QED) is 0.865. The summed E-state index contributed by atoms with van der Waals surface area (Å²) in [5.74, 6) is -0.253. The van der Waals surface area contributed by atoms with Gasteiger partial charge in [-0.3, -0.25) is 9.48 Å². The van der Waals surface area contributed by atoms with Gasteiger partial charge in [-0.1, -0.05) is 19.1 Å². The van der Waals surface area contributed by atoms with Crippen LogP contribution < -0.4 is 11.1 Å². The molecule has 0 fully saturated rings. The lowest BCUT2D eigenvalue weighted by atomic mass is 10.1. The average Bonchev–Trinajstić information content (AvgIpc) is 2.70. The highest BCUT2D eigenvalue weighted by Gasteiger charge is 2.14. The van der Waals surface area contributed by atoms with Gasteiger partial charge in [-0.2, -0.15) is 5.10 Å². The van der Waals surface area contributed by atoms with Crippen LogP contribution in [0.3, 0.4) is 0 Å². The molecule has 0 unspecified atom stereocenters. The summed E-state index contributed by atoms with van der Waals surface area (Å²) in [4.78, 5) is 12.0. The Bertz CT molecular complexity index is 537. The van der Waals surface area contributed by atoms with Crippen LogP contribution >= 0.6 is 0 Å². The molecule has 0 saturated heterocycles. The number of aryl methyl sites for hydroxylation is 2. The van der Waals surface area contributed by atoms with Crippen LogP contribution in [0.25, 0.3) is 0 Å². The number of rotatable bonds is 3. The number of carbonyl (C=O) groups is 1. The second-order valence-electron chi connectivity index (χ2n) is 4.08. The largest absolute Gasteiger partial charge is 0.396 e. The highest BCUT2D eigenvalue weighted by atomic mass is 16.2. The van der Waals surface area contributed by atoms with Crippen molar-refractivity contribution in [1.29, 1.82) is 0 Å². The van der Waals surface area contributed by atoms with E-state index >= 15 is 0 Å². The average molecular weight is 244 g/mol. The van der Waals surface area contributed by atoms with Crippen LogP contribution in [-0.2, 0) is 13.5 Å². The molecule has 1 aromatic carbocycles. The second-order valence-corrected chi connectivity index (χ2v) is 4.08. The van der Waals surface area contributed by atoms with Crippen molar-refractivity contribution in [3.05, 3.63) is 41.7 Å². The first-order valence-electron chi connectivity index (χ1n) is 5.79. The fourth-order valence-corrected chi connectivity index (χ4v) is 1.75. The standard InChI is InChI=1S/C13H16N4O/c1-3-9-4-6-10(7-5-9)16-13(18)12-11(14)8-15-17(12)2/h4-8H,3,14H2,1-2H3,(H,16,18). The lowest BCUT2D eigenvalue weighted by Gasteiger charge is -2.07. The number of carbonyl (C=O) groups excluding carboxylic acids is 1. The zero-order chi connectivity index (χ0) is 13.1. The Hall–Kier alpha value is -2.30. The minimum Gasteiger partial charge on any atom is -0.396 e. The maximum atomic E-state index is 12.0. The Morgan fingerprint density at radius 1 is 1.39 bits per heavy atom. The number of hydrogen-bond acceptors (Lipinski definition) is 3. The lowest BCUT2D eigenvalue weighted by Crippen LogP contribution is -2.17. The van der Waals surface area contributed by atoms with Gasteiger partial charge in [0.25, 0.3) is 5.91 Å². The molecule has 0 atom stereocenters. The van der Waals surface area contributed by atoms with E-state index in [1.54, 1.807) is 7.05 Å². The van der Waals surface area contributed by atoms with Gasteiger partial charge in [0.05, 0.1) is 11.9 Å².